The standard InChI is InChI=1S/C27H29N3O/c28-30-26(31)21-8-13-23(14-9-21)27(18-20-6-12-24(27)17-20)22-10-4-19(5-11-22)7-15-25-3-1-2-16-29-25/h1-5,8-11,13-14,16,20,24H,6-7,12,15,17-18,28H2,(H,30,31)/t20-,24+,27+/m1/s1. The Morgan fingerprint density at radius 3 is 2.29 bits per heavy atom. The summed E-state index contributed by atoms with van der Waals surface area (Å²) in [6, 6.07) is 23.5. The van der Waals surface area contributed by atoms with Crippen molar-refractivity contribution >= 4 is 5.91 Å². The van der Waals surface area contributed by atoms with Gasteiger partial charge in [-0.25, -0.2) is 5.84 Å². The number of nitrogens with two attached hydrogens (primary N) is 1. The van der Waals surface area contributed by atoms with Crippen molar-refractivity contribution in [1.29, 1.82) is 0 Å². The van der Waals surface area contributed by atoms with E-state index in [0.717, 1.165) is 24.5 Å². The van der Waals surface area contributed by atoms with Crippen molar-refractivity contribution in [2.45, 2.75) is 43.9 Å². The van der Waals surface area contributed by atoms with Crippen LogP contribution in [0.2, 0.25) is 0 Å². The first-order chi connectivity index (χ1) is 15.2. The van der Waals surface area contributed by atoms with Crippen molar-refractivity contribution in [2.75, 3.05) is 0 Å². The first-order valence-electron chi connectivity index (χ1n) is 11.3. The van der Waals surface area contributed by atoms with Gasteiger partial charge in [-0.3, -0.25) is 15.2 Å². The Morgan fingerprint density at radius 1 is 0.968 bits per heavy atom. The number of nitrogen functional groups attached to an aromatic ring is 1. The predicted octanol–water partition coefficient (Wildman–Crippen LogP) is 4.58. The van der Waals surface area contributed by atoms with Crippen molar-refractivity contribution in [2.24, 2.45) is 17.7 Å². The highest BCUT2D eigenvalue weighted by Crippen LogP contribution is 2.60. The fourth-order valence-electron chi connectivity index (χ4n) is 5.99. The summed E-state index contributed by atoms with van der Waals surface area (Å²) >= 11 is 0. The van der Waals surface area contributed by atoms with Gasteiger partial charge in [0.2, 0.25) is 0 Å². The molecule has 1 heterocycles. The number of hydrogen-bond donors (Lipinski definition) is 2. The molecular weight excluding hydrogens is 382 g/mol. The number of nitrogens with zero attached hydrogens (tertiary/aromatic N) is 1. The molecule has 2 aromatic carbocycles. The van der Waals surface area contributed by atoms with Crippen LogP contribution in [-0.2, 0) is 18.3 Å². The molecular formula is C27H29N3O. The molecule has 0 unspecified atom stereocenters. The minimum Gasteiger partial charge on any atom is -0.290 e. The summed E-state index contributed by atoms with van der Waals surface area (Å²) in [5, 5.41) is 0. The van der Waals surface area contributed by atoms with E-state index in [2.05, 4.69) is 52.9 Å². The van der Waals surface area contributed by atoms with E-state index in [1.807, 2.05) is 30.5 Å². The molecule has 2 aliphatic carbocycles. The maximum Gasteiger partial charge on any atom is 0.265 e. The molecule has 2 saturated carbocycles. The van der Waals surface area contributed by atoms with Gasteiger partial charge in [0.15, 0.2) is 0 Å². The van der Waals surface area contributed by atoms with Gasteiger partial charge in [-0.05, 0) is 84.9 Å². The number of pyridine rings is 1. The monoisotopic (exact) mass is 411 g/mol. The van der Waals surface area contributed by atoms with Crippen molar-refractivity contribution in [3.05, 3.63) is 101 Å². The van der Waals surface area contributed by atoms with Gasteiger partial charge in [-0.1, -0.05) is 48.9 Å². The molecule has 3 N–H and O–H groups in total. The predicted molar refractivity (Wildman–Crippen MR) is 122 cm³/mol. The number of amides is 1. The Labute approximate surface area is 183 Å². The van der Waals surface area contributed by atoms with E-state index in [1.165, 1.54) is 42.4 Å². The summed E-state index contributed by atoms with van der Waals surface area (Å²) in [5.41, 5.74) is 8.12. The van der Waals surface area contributed by atoms with E-state index >= 15 is 0 Å². The van der Waals surface area contributed by atoms with Gasteiger partial charge in [-0.2, -0.15) is 0 Å². The Balaban J connectivity index is 1.42. The fraction of sp³-hybridized carbons (Fsp3) is 0.333. The summed E-state index contributed by atoms with van der Waals surface area (Å²) < 4.78 is 0. The van der Waals surface area contributed by atoms with Crippen LogP contribution in [0, 0.1) is 11.8 Å². The van der Waals surface area contributed by atoms with Gasteiger partial charge in [0.1, 0.15) is 0 Å². The molecule has 2 bridgehead atoms. The van der Waals surface area contributed by atoms with Gasteiger partial charge in [-0.15, -0.1) is 0 Å². The molecule has 2 fully saturated rings. The van der Waals surface area contributed by atoms with Crippen LogP contribution < -0.4 is 11.3 Å². The van der Waals surface area contributed by atoms with Crippen molar-refractivity contribution in [3.8, 4) is 0 Å². The zero-order chi connectivity index (χ0) is 21.3. The molecule has 0 aliphatic heterocycles. The normalized spacial score (nSPS) is 24.3. The Kier molecular flexibility index (Phi) is 5.33. The topological polar surface area (TPSA) is 68.0 Å². The average molecular weight is 412 g/mol. The average Bonchev–Trinajstić information content (AvgIpc) is 3.46. The highest BCUT2D eigenvalue weighted by molar-refractivity contribution is 5.93. The lowest BCUT2D eigenvalue weighted by atomic mass is 9.64. The molecule has 1 aromatic heterocycles. The molecule has 0 saturated heterocycles. The van der Waals surface area contributed by atoms with Crippen LogP contribution in [-0.4, -0.2) is 10.9 Å². The number of benzene rings is 2. The summed E-state index contributed by atoms with van der Waals surface area (Å²) in [6.45, 7) is 0. The maximum absolute atomic E-state index is 11.9. The van der Waals surface area contributed by atoms with Gasteiger partial charge < -0.3 is 0 Å². The molecule has 1 amide bonds. The molecule has 2 aliphatic rings. The number of rotatable bonds is 6. The van der Waals surface area contributed by atoms with E-state index in [4.69, 9.17) is 5.84 Å². The first kappa shape index (κ1) is 20.0. The number of carbonyl (C=O) groups excluding carboxylic acids is 1. The van der Waals surface area contributed by atoms with E-state index in [1.54, 1.807) is 0 Å². The first-order valence-corrected chi connectivity index (χ1v) is 11.3. The Bertz CT molecular complexity index is 1050. The van der Waals surface area contributed by atoms with Crippen LogP contribution in [0.15, 0.2) is 72.9 Å². The molecule has 3 aromatic rings. The van der Waals surface area contributed by atoms with Crippen LogP contribution >= 0.6 is 0 Å². The SMILES string of the molecule is NNC(=O)c1ccc([C@@]2(c3ccc(CCc4ccccn4)cc3)C[C@@H]3CC[C@H]2C3)cc1. The van der Waals surface area contributed by atoms with E-state index in [9.17, 15) is 4.79 Å². The molecule has 158 valence electrons. The summed E-state index contributed by atoms with van der Waals surface area (Å²) in [5.74, 6) is 6.54. The molecule has 0 spiro atoms. The molecule has 0 radical (unpaired) electrons. The lowest BCUT2D eigenvalue weighted by molar-refractivity contribution is 0.0953. The summed E-state index contributed by atoms with van der Waals surface area (Å²) in [6.07, 6.45) is 8.97. The van der Waals surface area contributed by atoms with Gasteiger partial charge in [0.05, 0.1) is 0 Å². The molecule has 5 rings (SSSR count). The fourth-order valence-corrected chi connectivity index (χ4v) is 5.99. The van der Waals surface area contributed by atoms with Crippen LogP contribution in [0.25, 0.3) is 0 Å². The highest BCUT2D eigenvalue weighted by Gasteiger charge is 2.52. The largest absolute Gasteiger partial charge is 0.290 e. The third-order valence-corrected chi connectivity index (χ3v) is 7.51. The molecule has 31 heavy (non-hydrogen) atoms. The second-order valence-corrected chi connectivity index (χ2v) is 9.12. The number of aryl methyl sites for hydroxylation is 2. The molecule has 4 nitrogen and oxygen atoms in total. The van der Waals surface area contributed by atoms with Crippen molar-refractivity contribution in [1.82, 2.24) is 10.4 Å². The maximum atomic E-state index is 11.9. The molecule has 3 atom stereocenters. The van der Waals surface area contributed by atoms with E-state index in [0.29, 0.717) is 11.5 Å². The van der Waals surface area contributed by atoms with Crippen LogP contribution in [0.5, 0.6) is 0 Å². The minimum absolute atomic E-state index is 0.0557. The molecule has 4 heteroatoms. The third kappa shape index (κ3) is 3.66. The van der Waals surface area contributed by atoms with Crippen LogP contribution in [0.1, 0.15) is 58.4 Å². The minimum atomic E-state index is -0.245. The zero-order valence-corrected chi connectivity index (χ0v) is 17.8. The second-order valence-electron chi connectivity index (χ2n) is 9.12. The second kappa shape index (κ2) is 8.27. The number of hydrazine groups is 1. The lowest BCUT2D eigenvalue weighted by Crippen LogP contribution is -2.34. The zero-order valence-electron chi connectivity index (χ0n) is 17.8. The van der Waals surface area contributed by atoms with Crippen LogP contribution in [0.4, 0.5) is 0 Å². The quantitative estimate of drug-likeness (QED) is 0.354. The van der Waals surface area contributed by atoms with Gasteiger partial charge >= 0.3 is 0 Å². The number of carbonyl (C=O) groups is 1. The number of fused-ring (bicyclic) bond motifs is 2. The van der Waals surface area contributed by atoms with Crippen molar-refractivity contribution in [3.63, 3.8) is 0 Å². The third-order valence-electron chi connectivity index (χ3n) is 7.51. The van der Waals surface area contributed by atoms with Gasteiger partial charge in [0, 0.05) is 22.9 Å². The Hall–Kier alpha value is -2.98. The highest BCUT2D eigenvalue weighted by atomic mass is 16.2. The summed E-state index contributed by atoms with van der Waals surface area (Å²) in [4.78, 5) is 16.3. The number of aromatic nitrogens is 1. The van der Waals surface area contributed by atoms with E-state index in [-0.39, 0.29) is 11.3 Å². The lowest BCUT2D eigenvalue weighted by Gasteiger charge is -2.39. The number of nitrogens with one attached hydrogen (secondary N) is 1. The number of hydrogen-bond acceptors (Lipinski definition) is 3. The van der Waals surface area contributed by atoms with Crippen molar-refractivity contribution < 1.29 is 4.79 Å². The summed E-state index contributed by atoms with van der Waals surface area (Å²) in [7, 11) is 0. The smallest absolute Gasteiger partial charge is 0.265 e. The van der Waals surface area contributed by atoms with Crippen LogP contribution in [0.3, 0.4) is 0 Å². The van der Waals surface area contributed by atoms with Gasteiger partial charge in [0.25, 0.3) is 5.91 Å². The Morgan fingerprint density at radius 2 is 1.71 bits per heavy atom. The van der Waals surface area contributed by atoms with E-state index < -0.39 is 0 Å².